The van der Waals surface area contributed by atoms with Crippen molar-refractivity contribution in [3.63, 3.8) is 0 Å². The Bertz CT molecular complexity index is 1100. The van der Waals surface area contributed by atoms with Gasteiger partial charge in [-0.15, -0.1) is 0 Å². The largest absolute Gasteiger partial charge is 0.495 e. The van der Waals surface area contributed by atoms with Crippen LogP contribution >= 0.6 is 11.6 Å². The third-order valence-electron chi connectivity index (χ3n) is 5.79. The molecular formula is C26H27ClN2O4. The minimum atomic E-state index is -0.995. The van der Waals surface area contributed by atoms with Crippen LogP contribution in [0.15, 0.2) is 66.7 Å². The molecule has 0 bridgehead atoms. The number of benzene rings is 3. The highest BCUT2D eigenvalue weighted by molar-refractivity contribution is 6.30. The van der Waals surface area contributed by atoms with E-state index >= 15 is 0 Å². The van der Waals surface area contributed by atoms with Crippen molar-refractivity contribution < 1.29 is 19.4 Å². The summed E-state index contributed by atoms with van der Waals surface area (Å²) >= 11 is 6.08. The topological polar surface area (TPSA) is 62.2 Å². The number of anilines is 1. The fraction of sp³-hybridized carbons (Fsp3) is 0.269. The Morgan fingerprint density at radius 3 is 2.42 bits per heavy atom. The summed E-state index contributed by atoms with van der Waals surface area (Å²) in [4.78, 5) is 15.7. The fourth-order valence-electron chi connectivity index (χ4n) is 4.13. The molecule has 6 nitrogen and oxygen atoms in total. The summed E-state index contributed by atoms with van der Waals surface area (Å²) in [5.41, 5.74) is 4.35. The molecule has 0 amide bonds. The summed E-state index contributed by atoms with van der Waals surface area (Å²) in [6.45, 7) is 3.97. The van der Waals surface area contributed by atoms with Gasteiger partial charge in [0.2, 0.25) is 0 Å². The second kappa shape index (κ2) is 10.6. The van der Waals surface area contributed by atoms with Crippen LogP contribution in [0.2, 0.25) is 5.02 Å². The molecule has 1 saturated heterocycles. The highest BCUT2D eigenvalue weighted by Crippen LogP contribution is 2.31. The van der Waals surface area contributed by atoms with Gasteiger partial charge in [0.05, 0.1) is 12.8 Å². The smallest absolute Gasteiger partial charge is 0.341 e. The van der Waals surface area contributed by atoms with Gasteiger partial charge in [0.15, 0.2) is 6.61 Å². The van der Waals surface area contributed by atoms with Crippen LogP contribution in [0.1, 0.15) is 5.56 Å². The van der Waals surface area contributed by atoms with E-state index in [1.165, 1.54) is 0 Å². The number of nitrogens with zero attached hydrogens (tertiary/aromatic N) is 2. The minimum absolute atomic E-state index is 0.364. The van der Waals surface area contributed by atoms with Crippen LogP contribution in [0.3, 0.4) is 0 Å². The lowest BCUT2D eigenvalue weighted by atomic mass is 9.98. The number of hydrogen-bond acceptors (Lipinski definition) is 5. The molecular weight excluding hydrogens is 440 g/mol. The average molecular weight is 467 g/mol. The number of carboxylic acid groups (broad SMARTS) is 1. The van der Waals surface area contributed by atoms with Crippen molar-refractivity contribution in [3.05, 3.63) is 77.3 Å². The van der Waals surface area contributed by atoms with Gasteiger partial charge in [0, 0.05) is 37.7 Å². The van der Waals surface area contributed by atoms with Gasteiger partial charge in [-0.2, -0.15) is 0 Å². The quantitative estimate of drug-likeness (QED) is 0.514. The summed E-state index contributed by atoms with van der Waals surface area (Å²) in [5, 5.41) is 9.65. The van der Waals surface area contributed by atoms with Crippen LogP contribution in [0, 0.1) is 0 Å². The van der Waals surface area contributed by atoms with Gasteiger partial charge in [-0.1, -0.05) is 41.9 Å². The van der Waals surface area contributed by atoms with Gasteiger partial charge in [0.25, 0.3) is 0 Å². The van der Waals surface area contributed by atoms with E-state index in [1.54, 1.807) is 7.11 Å². The number of carboxylic acids is 1. The van der Waals surface area contributed by atoms with Crippen molar-refractivity contribution in [2.24, 2.45) is 0 Å². The second-order valence-electron chi connectivity index (χ2n) is 7.94. The zero-order valence-electron chi connectivity index (χ0n) is 18.5. The lowest BCUT2D eigenvalue weighted by Gasteiger charge is -2.37. The van der Waals surface area contributed by atoms with E-state index in [2.05, 4.69) is 15.9 Å². The van der Waals surface area contributed by atoms with Crippen LogP contribution in [0.25, 0.3) is 11.1 Å². The molecule has 33 heavy (non-hydrogen) atoms. The number of methoxy groups -OCH3 is 1. The number of rotatable bonds is 8. The zero-order chi connectivity index (χ0) is 23.2. The van der Waals surface area contributed by atoms with Gasteiger partial charge in [-0.25, -0.2) is 4.79 Å². The molecule has 1 fully saturated rings. The van der Waals surface area contributed by atoms with E-state index in [1.807, 2.05) is 60.7 Å². The SMILES string of the molecule is COc1ccccc1N1CCN(Cc2cc(OCC(=O)O)ccc2-c2ccc(Cl)cc2)CC1. The average Bonchev–Trinajstić information content (AvgIpc) is 2.84. The van der Waals surface area contributed by atoms with E-state index < -0.39 is 5.97 Å². The van der Waals surface area contributed by atoms with Crippen LogP contribution in [-0.2, 0) is 11.3 Å². The van der Waals surface area contributed by atoms with Crippen molar-refractivity contribution in [1.82, 2.24) is 4.90 Å². The molecule has 0 aliphatic carbocycles. The van der Waals surface area contributed by atoms with Gasteiger partial charge < -0.3 is 19.5 Å². The molecule has 0 unspecified atom stereocenters. The standard InChI is InChI=1S/C26H27ClN2O4/c1-32-25-5-3-2-4-24(25)29-14-12-28(13-15-29)17-20-16-22(33-18-26(30)31)10-11-23(20)19-6-8-21(27)9-7-19/h2-11,16H,12-15,17-18H2,1H3,(H,30,31). The maximum absolute atomic E-state index is 10.9. The fourth-order valence-corrected chi connectivity index (χ4v) is 4.25. The summed E-state index contributed by atoms with van der Waals surface area (Å²) in [6, 6.07) is 21.6. The molecule has 0 radical (unpaired) electrons. The van der Waals surface area contributed by atoms with Gasteiger partial charge in [-0.05, 0) is 53.1 Å². The van der Waals surface area contributed by atoms with Crippen molar-refractivity contribution >= 4 is 23.3 Å². The molecule has 0 saturated carbocycles. The highest BCUT2D eigenvalue weighted by Gasteiger charge is 2.21. The Balaban J connectivity index is 1.51. The predicted molar refractivity (Wildman–Crippen MR) is 131 cm³/mol. The first-order valence-electron chi connectivity index (χ1n) is 10.9. The first-order valence-corrected chi connectivity index (χ1v) is 11.2. The maximum Gasteiger partial charge on any atom is 0.341 e. The normalized spacial score (nSPS) is 14.2. The Labute approximate surface area is 198 Å². The van der Waals surface area contributed by atoms with Crippen LogP contribution in [0.5, 0.6) is 11.5 Å². The number of hydrogen-bond donors (Lipinski definition) is 1. The first kappa shape index (κ1) is 23.0. The van der Waals surface area contributed by atoms with Gasteiger partial charge >= 0.3 is 5.97 Å². The molecule has 0 atom stereocenters. The zero-order valence-corrected chi connectivity index (χ0v) is 19.3. The Hall–Kier alpha value is -3.22. The number of piperazine rings is 1. The van der Waals surface area contributed by atoms with Crippen molar-refractivity contribution in [2.45, 2.75) is 6.54 Å². The number of ether oxygens (including phenoxy) is 2. The number of carbonyl (C=O) groups is 1. The second-order valence-corrected chi connectivity index (χ2v) is 8.38. The molecule has 1 heterocycles. The molecule has 0 spiro atoms. The molecule has 7 heteroatoms. The van der Waals surface area contributed by atoms with Crippen LogP contribution < -0.4 is 14.4 Å². The lowest BCUT2D eigenvalue weighted by molar-refractivity contribution is -0.139. The van der Waals surface area contributed by atoms with E-state index in [0.29, 0.717) is 10.8 Å². The molecule has 4 rings (SSSR count). The van der Waals surface area contributed by atoms with E-state index in [-0.39, 0.29) is 6.61 Å². The Kier molecular flexibility index (Phi) is 7.37. The Morgan fingerprint density at radius 1 is 1.00 bits per heavy atom. The molecule has 3 aromatic rings. The van der Waals surface area contributed by atoms with Gasteiger partial charge in [0.1, 0.15) is 11.5 Å². The van der Waals surface area contributed by atoms with E-state index in [0.717, 1.165) is 60.9 Å². The van der Waals surface area contributed by atoms with E-state index in [4.69, 9.17) is 26.2 Å². The maximum atomic E-state index is 10.9. The number of halogens is 1. The van der Waals surface area contributed by atoms with Crippen molar-refractivity contribution in [2.75, 3.05) is 44.8 Å². The van der Waals surface area contributed by atoms with Crippen LogP contribution in [-0.4, -0.2) is 55.9 Å². The van der Waals surface area contributed by atoms with Crippen LogP contribution in [0.4, 0.5) is 5.69 Å². The molecule has 1 aliphatic heterocycles. The first-order chi connectivity index (χ1) is 16.0. The van der Waals surface area contributed by atoms with E-state index in [9.17, 15) is 4.79 Å². The summed E-state index contributed by atoms with van der Waals surface area (Å²) < 4.78 is 11.0. The lowest BCUT2D eigenvalue weighted by Crippen LogP contribution is -2.46. The number of aliphatic carboxylic acids is 1. The van der Waals surface area contributed by atoms with Crippen molar-refractivity contribution in [1.29, 1.82) is 0 Å². The predicted octanol–water partition coefficient (Wildman–Crippen LogP) is 4.80. The highest BCUT2D eigenvalue weighted by atomic mass is 35.5. The monoisotopic (exact) mass is 466 g/mol. The summed E-state index contributed by atoms with van der Waals surface area (Å²) in [7, 11) is 1.70. The summed E-state index contributed by atoms with van der Waals surface area (Å²) in [5.74, 6) is 0.447. The third-order valence-corrected chi connectivity index (χ3v) is 6.04. The minimum Gasteiger partial charge on any atom is -0.495 e. The van der Waals surface area contributed by atoms with Crippen molar-refractivity contribution in [3.8, 4) is 22.6 Å². The molecule has 172 valence electrons. The molecule has 0 aromatic heterocycles. The molecule has 1 aliphatic rings. The molecule has 1 N–H and O–H groups in total. The third kappa shape index (κ3) is 5.78. The Morgan fingerprint density at radius 2 is 1.73 bits per heavy atom. The number of para-hydroxylation sites is 2. The molecule has 3 aromatic carbocycles. The van der Waals surface area contributed by atoms with Gasteiger partial charge in [-0.3, -0.25) is 4.90 Å². The summed E-state index contributed by atoms with van der Waals surface area (Å²) in [6.07, 6.45) is 0.